The number of hydrogen-bond donors (Lipinski definition) is 1. The summed E-state index contributed by atoms with van der Waals surface area (Å²) in [6, 6.07) is 5.40. The van der Waals surface area contributed by atoms with E-state index in [1.165, 1.54) is 19.3 Å². The van der Waals surface area contributed by atoms with E-state index in [4.69, 9.17) is 4.74 Å². The van der Waals surface area contributed by atoms with Gasteiger partial charge in [0.2, 0.25) is 0 Å². The molecule has 160 valence electrons. The lowest BCUT2D eigenvalue weighted by atomic mass is 9.81. The number of nitrogens with one attached hydrogen (secondary N) is 1. The van der Waals surface area contributed by atoms with Gasteiger partial charge in [0, 0.05) is 43.6 Å². The summed E-state index contributed by atoms with van der Waals surface area (Å²) in [5.74, 6) is 1.81. The zero-order valence-corrected chi connectivity index (χ0v) is 17.4. The zero-order chi connectivity index (χ0) is 20.7. The number of benzene rings is 1. The number of carbonyl (C=O) groups excluding carboxylic acids is 2. The highest BCUT2D eigenvalue weighted by Gasteiger charge is 2.43. The highest BCUT2D eigenvalue weighted by Crippen LogP contribution is 2.33. The Morgan fingerprint density at radius 2 is 1.73 bits per heavy atom. The Labute approximate surface area is 175 Å². The number of fused-ring (bicyclic) bond motifs is 2. The van der Waals surface area contributed by atoms with Crippen molar-refractivity contribution in [1.29, 1.82) is 0 Å². The van der Waals surface area contributed by atoms with E-state index in [9.17, 15) is 9.59 Å². The van der Waals surface area contributed by atoms with Gasteiger partial charge in [-0.2, -0.15) is 15.4 Å². The molecule has 2 amide bonds. The van der Waals surface area contributed by atoms with Crippen molar-refractivity contribution in [3.63, 3.8) is 0 Å². The van der Waals surface area contributed by atoms with Crippen LogP contribution in [0.15, 0.2) is 18.2 Å². The summed E-state index contributed by atoms with van der Waals surface area (Å²) in [5, 5.41) is 10.7. The van der Waals surface area contributed by atoms with Gasteiger partial charge in [-0.05, 0) is 36.5 Å². The van der Waals surface area contributed by atoms with Crippen LogP contribution in [0.5, 0.6) is 0 Å². The molecule has 1 N–H and O–H groups in total. The molecule has 8 nitrogen and oxygen atoms in total. The molecule has 2 saturated heterocycles. The van der Waals surface area contributed by atoms with E-state index < -0.39 is 0 Å². The number of H-pyrrole nitrogens is 1. The summed E-state index contributed by atoms with van der Waals surface area (Å²) in [6.45, 7) is 5.53. The highest BCUT2D eigenvalue weighted by atomic mass is 16.6. The fourth-order valence-corrected chi connectivity index (χ4v) is 5.37. The number of likely N-dealkylation sites (tertiary alicyclic amines) is 2. The smallest absolute Gasteiger partial charge is 0.409 e. The molecule has 5 rings (SSSR count). The molecule has 30 heavy (non-hydrogen) atoms. The van der Waals surface area contributed by atoms with Crippen LogP contribution >= 0.6 is 0 Å². The molecule has 8 heteroatoms. The highest BCUT2D eigenvalue weighted by molar-refractivity contribution is 5.97. The van der Waals surface area contributed by atoms with Crippen LogP contribution in [0.3, 0.4) is 0 Å². The van der Waals surface area contributed by atoms with E-state index in [2.05, 4.69) is 22.3 Å². The molecule has 3 fully saturated rings. The third kappa shape index (κ3) is 3.63. The first-order valence-electron chi connectivity index (χ1n) is 11.1. The fourth-order valence-electron chi connectivity index (χ4n) is 5.37. The molecule has 1 saturated carbocycles. The van der Waals surface area contributed by atoms with Gasteiger partial charge >= 0.3 is 6.09 Å². The van der Waals surface area contributed by atoms with E-state index in [0.29, 0.717) is 67.5 Å². The molecule has 1 aromatic carbocycles. The van der Waals surface area contributed by atoms with Crippen LogP contribution in [0.2, 0.25) is 0 Å². The van der Waals surface area contributed by atoms with Crippen molar-refractivity contribution in [2.45, 2.75) is 32.6 Å². The third-order valence-corrected chi connectivity index (χ3v) is 7.30. The minimum atomic E-state index is -0.184. The van der Waals surface area contributed by atoms with Gasteiger partial charge in [0.05, 0.1) is 6.61 Å². The maximum absolute atomic E-state index is 12.9. The van der Waals surface area contributed by atoms with Crippen molar-refractivity contribution in [2.24, 2.45) is 23.7 Å². The molecule has 3 heterocycles. The molecular weight excluding hydrogens is 382 g/mol. The van der Waals surface area contributed by atoms with E-state index in [1.54, 1.807) is 12.1 Å². The molecular formula is C22H29N5O3. The molecule has 2 aliphatic heterocycles. The normalized spacial score (nSPS) is 28.7. The van der Waals surface area contributed by atoms with Gasteiger partial charge in [-0.25, -0.2) is 4.79 Å². The number of amides is 2. The Hall–Kier alpha value is -2.64. The SMILES string of the molecule is CC1CCCCC1COC(=O)N1CC2CN(C(=O)c3ccc4n[nH]nc4c3)CC2C1. The first kappa shape index (κ1) is 19.3. The van der Waals surface area contributed by atoms with Gasteiger partial charge in [-0.15, -0.1) is 0 Å². The second-order valence-corrected chi connectivity index (χ2v) is 9.26. The summed E-state index contributed by atoms with van der Waals surface area (Å²) < 4.78 is 5.67. The van der Waals surface area contributed by atoms with Crippen LogP contribution in [0.25, 0.3) is 11.0 Å². The molecule has 0 radical (unpaired) electrons. The molecule has 3 aliphatic rings. The summed E-state index contributed by atoms with van der Waals surface area (Å²) in [5.41, 5.74) is 2.08. The molecule has 4 unspecified atom stereocenters. The maximum atomic E-state index is 12.9. The van der Waals surface area contributed by atoms with Crippen LogP contribution in [-0.2, 0) is 4.74 Å². The molecule has 0 spiro atoms. The third-order valence-electron chi connectivity index (χ3n) is 7.30. The Balaban J connectivity index is 1.14. The minimum absolute atomic E-state index is 0.0229. The largest absolute Gasteiger partial charge is 0.449 e. The lowest BCUT2D eigenvalue weighted by Gasteiger charge is -2.29. The number of nitrogens with zero attached hydrogens (tertiary/aromatic N) is 4. The van der Waals surface area contributed by atoms with Gasteiger partial charge in [0.25, 0.3) is 5.91 Å². The van der Waals surface area contributed by atoms with Crippen molar-refractivity contribution >= 4 is 23.0 Å². The Morgan fingerprint density at radius 1 is 1.03 bits per heavy atom. The number of rotatable bonds is 3. The molecule has 0 bridgehead atoms. The maximum Gasteiger partial charge on any atom is 0.409 e. The second kappa shape index (κ2) is 7.89. The molecule has 1 aromatic heterocycles. The quantitative estimate of drug-likeness (QED) is 0.839. The number of aromatic nitrogens is 3. The minimum Gasteiger partial charge on any atom is -0.449 e. The van der Waals surface area contributed by atoms with Crippen molar-refractivity contribution in [3.05, 3.63) is 23.8 Å². The Morgan fingerprint density at radius 3 is 2.50 bits per heavy atom. The van der Waals surface area contributed by atoms with E-state index in [-0.39, 0.29) is 12.0 Å². The Bertz CT molecular complexity index is 930. The number of hydrogen-bond acceptors (Lipinski definition) is 5. The average molecular weight is 412 g/mol. The van der Waals surface area contributed by atoms with Crippen LogP contribution in [-0.4, -0.2) is 70.0 Å². The van der Waals surface area contributed by atoms with E-state index >= 15 is 0 Å². The number of aromatic amines is 1. The summed E-state index contributed by atoms with van der Waals surface area (Å²) in [4.78, 5) is 29.2. The van der Waals surface area contributed by atoms with Crippen molar-refractivity contribution in [3.8, 4) is 0 Å². The molecule has 4 atom stereocenters. The fraction of sp³-hybridized carbons (Fsp3) is 0.636. The van der Waals surface area contributed by atoms with Crippen molar-refractivity contribution in [1.82, 2.24) is 25.2 Å². The van der Waals surface area contributed by atoms with Crippen LogP contribution in [0, 0.1) is 23.7 Å². The summed E-state index contributed by atoms with van der Waals surface area (Å²) >= 11 is 0. The van der Waals surface area contributed by atoms with Crippen LogP contribution < -0.4 is 0 Å². The van der Waals surface area contributed by atoms with Crippen molar-refractivity contribution < 1.29 is 14.3 Å². The van der Waals surface area contributed by atoms with Crippen LogP contribution in [0.4, 0.5) is 4.79 Å². The topological polar surface area (TPSA) is 91.4 Å². The van der Waals surface area contributed by atoms with E-state index in [1.807, 2.05) is 15.9 Å². The van der Waals surface area contributed by atoms with Gasteiger partial charge < -0.3 is 14.5 Å². The zero-order valence-electron chi connectivity index (χ0n) is 17.4. The summed E-state index contributed by atoms with van der Waals surface area (Å²) in [7, 11) is 0. The van der Waals surface area contributed by atoms with Gasteiger partial charge in [-0.3, -0.25) is 4.79 Å². The first-order chi connectivity index (χ1) is 14.6. The first-order valence-corrected chi connectivity index (χ1v) is 11.1. The number of ether oxygens (including phenoxy) is 1. The Kier molecular flexibility index (Phi) is 5.08. The predicted molar refractivity (Wildman–Crippen MR) is 111 cm³/mol. The second-order valence-electron chi connectivity index (χ2n) is 9.26. The summed E-state index contributed by atoms with van der Waals surface area (Å²) in [6.07, 6.45) is 4.76. The lowest BCUT2D eigenvalue weighted by molar-refractivity contribution is 0.0682. The lowest BCUT2D eigenvalue weighted by Crippen LogP contribution is -2.36. The predicted octanol–water partition coefficient (Wildman–Crippen LogP) is 2.92. The van der Waals surface area contributed by atoms with Gasteiger partial charge in [0.15, 0.2) is 0 Å². The van der Waals surface area contributed by atoms with Crippen LogP contribution in [0.1, 0.15) is 43.0 Å². The van der Waals surface area contributed by atoms with E-state index in [0.717, 1.165) is 11.9 Å². The van der Waals surface area contributed by atoms with Crippen molar-refractivity contribution in [2.75, 3.05) is 32.8 Å². The number of carbonyl (C=O) groups is 2. The molecule has 2 aromatic rings. The van der Waals surface area contributed by atoms with Gasteiger partial charge in [-0.1, -0.05) is 26.2 Å². The molecule has 1 aliphatic carbocycles. The standard InChI is InChI=1S/C22H29N5O3/c1-14-4-2-3-5-16(14)13-30-22(29)27-11-17-9-26(10-18(17)12-27)21(28)15-6-7-19-20(8-15)24-25-23-19/h6-8,14,16-18H,2-5,9-13H2,1H3,(H,23,24,25). The van der Waals surface area contributed by atoms with Gasteiger partial charge in [0.1, 0.15) is 11.0 Å². The average Bonchev–Trinajstić information content (AvgIpc) is 3.46. The monoisotopic (exact) mass is 411 g/mol.